The summed E-state index contributed by atoms with van der Waals surface area (Å²) in [5.41, 5.74) is 0. The van der Waals surface area contributed by atoms with Gasteiger partial charge in [-0.3, -0.25) is 4.55 Å². The van der Waals surface area contributed by atoms with Crippen molar-refractivity contribution in [2.45, 2.75) is 36.5 Å². The van der Waals surface area contributed by atoms with E-state index in [4.69, 9.17) is 4.55 Å². The van der Waals surface area contributed by atoms with E-state index in [2.05, 4.69) is 9.47 Å². The highest BCUT2D eigenvalue weighted by molar-refractivity contribution is 7.86. The third-order valence-corrected chi connectivity index (χ3v) is 3.27. The first-order valence-corrected chi connectivity index (χ1v) is 6.55. The largest absolute Gasteiger partial charge is 0.443 e. The summed E-state index contributed by atoms with van der Waals surface area (Å²) in [5, 5.41) is -5.72. The maximum absolute atomic E-state index is 13.1. The number of hydrogen-bond donors (Lipinski definition) is 1. The van der Waals surface area contributed by atoms with Crippen LogP contribution in [0.25, 0.3) is 0 Å². The van der Waals surface area contributed by atoms with Gasteiger partial charge in [-0.2, -0.15) is 30.4 Å². The standard InChI is InChI=1S/C8H9F5O6S/c9-7(10,11)6(8(12,13)20(15,16)17)19-5(14)4-2-1-3-18-4/h4,6H,1-3H2,(H,15,16,17). The molecule has 1 heterocycles. The number of carbonyl (C=O) groups is 1. The van der Waals surface area contributed by atoms with Gasteiger partial charge in [0.25, 0.3) is 6.10 Å². The van der Waals surface area contributed by atoms with Crippen LogP contribution in [0, 0.1) is 0 Å². The monoisotopic (exact) mass is 328 g/mol. The van der Waals surface area contributed by atoms with Gasteiger partial charge in [0.2, 0.25) is 0 Å². The molecule has 0 spiro atoms. The maximum atomic E-state index is 13.1. The van der Waals surface area contributed by atoms with Crippen LogP contribution >= 0.6 is 0 Å². The van der Waals surface area contributed by atoms with Crippen LogP contribution in [-0.2, 0) is 24.4 Å². The summed E-state index contributed by atoms with van der Waals surface area (Å²) < 4.78 is 100. The molecule has 6 nitrogen and oxygen atoms in total. The summed E-state index contributed by atoms with van der Waals surface area (Å²) in [6, 6.07) is 0. The van der Waals surface area contributed by atoms with Gasteiger partial charge >= 0.3 is 27.5 Å². The Morgan fingerprint density at radius 2 is 1.85 bits per heavy atom. The molecule has 1 aliphatic heterocycles. The van der Waals surface area contributed by atoms with Crippen molar-refractivity contribution in [3.05, 3.63) is 0 Å². The van der Waals surface area contributed by atoms with E-state index in [1.54, 1.807) is 0 Å². The second kappa shape index (κ2) is 5.41. The van der Waals surface area contributed by atoms with E-state index in [1.807, 2.05) is 0 Å². The molecule has 0 aliphatic carbocycles. The molecule has 1 rings (SSSR count). The summed E-state index contributed by atoms with van der Waals surface area (Å²) >= 11 is 0. The van der Waals surface area contributed by atoms with Gasteiger partial charge in [-0.25, -0.2) is 4.79 Å². The van der Waals surface area contributed by atoms with Gasteiger partial charge in [-0.1, -0.05) is 0 Å². The first-order chi connectivity index (χ1) is 8.87. The topological polar surface area (TPSA) is 89.9 Å². The molecule has 0 aromatic carbocycles. The zero-order chi connectivity index (χ0) is 15.8. The number of halogens is 5. The molecule has 118 valence electrons. The van der Waals surface area contributed by atoms with E-state index in [1.165, 1.54) is 0 Å². The molecular weight excluding hydrogens is 319 g/mol. The van der Waals surface area contributed by atoms with Gasteiger partial charge in [0.05, 0.1) is 0 Å². The smallest absolute Gasteiger partial charge is 0.432 e. The highest BCUT2D eigenvalue weighted by Crippen LogP contribution is 2.38. The summed E-state index contributed by atoms with van der Waals surface area (Å²) in [4.78, 5) is 11.2. The molecule has 0 saturated carbocycles. The maximum Gasteiger partial charge on any atom is 0.432 e. The molecule has 1 aliphatic rings. The van der Waals surface area contributed by atoms with Crippen molar-refractivity contribution in [3.8, 4) is 0 Å². The van der Waals surface area contributed by atoms with Crippen LogP contribution < -0.4 is 0 Å². The van der Waals surface area contributed by atoms with Gasteiger partial charge in [-0.05, 0) is 12.8 Å². The SMILES string of the molecule is O=C(OC(C(F)(F)F)C(F)(F)S(=O)(=O)O)C1CCCO1. The Labute approximate surface area is 109 Å². The lowest BCUT2D eigenvalue weighted by Gasteiger charge is -2.26. The van der Waals surface area contributed by atoms with Crippen LogP contribution in [0.3, 0.4) is 0 Å². The fourth-order valence-electron chi connectivity index (χ4n) is 1.42. The molecule has 0 radical (unpaired) electrons. The fourth-order valence-corrected chi connectivity index (χ4v) is 1.87. The van der Waals surface area contributed by atoms with Crippen LogP contribution in [0.15, 0.2) is 0 Å². The number of alkyl halides is 5. The second-order valence-electron chi connectivity index (χ2n) is 3.90. The first kappa shape index (κ1) is 17.0. The number of esters is 1. The predicted molar refractivity (Wildman–Crippen MR) is 51.4 cm³/mol. The second-order valence-corrected chi connectivity index (χ2v) is 5.39. The molecule has 20 heavy (non-hydrogen) atoms. The van der Waals surface area contributed by atoms with Gasteiger partial charge in [0, 0.05) is 6.61 Å². The van der Waals surface area contributed by atoms with E-state index < -0.39 is 39.7 Å². The number of rotatable bonds is 4. The highest BCUT2D eigenvalue weighted by atomic mass is 32.2. The summed E-state index contributed by atoms with van der Waals surface area (Å²) in [5.74, 6) is -1.77. The summed E-state index contributed by atoms with van der Waals surface area (Å²) in [6.45, 7) is 0.0329. The van der Waals surface area contributed by atoms with Crippen LogP contribution in [0.4, 0.5) is 22.0 Å². The van der Waals surface area contributed by atoms with Crippen molar-refractivity contribution < 1.29 is 49.2 Å². The van der Waals surface area contributed by atoms with Gasteiger partial charge in [-0.15, -0.1) is 0 Å². The minimum Gasteiger partial charge on any atom is -0.443 e. The minimum atomic E-state index is -6.43. The molecule has 0 aromatic heterocycles. The lowest BCUT2D eigenvalue weighted by atomic mass is 10.2. The Bertz CT molecular complexity index is 466. The normalized spacial score (nSPS) is 22.6. The zero-order valence-corrected chi connectivity index (χ0v) is 10.4. The lowest BCUT2D eigenvalue weighted by Crippen LogP contribution is -2.53. The van der Waals surface area contributed by atoms with Crippen LogP contribution in [0.2, 0.25) is 0 Å². The van der Waals surface area contributed by atoms with Gasteiger partial charge in [0.15, 0.2) is 6.10 Å². The quantitative estimate of drug-likeness (QED) is 0.472. The fraction of sp³-hybridized carbons (Fsp3) is 0.875. The average molecular weight is 328 g/mol. The van der Waals surface area contributed by atoms with Crippen molar-refractivity contribution >= 4 is 16.1 Å². The molecule has 1 saturated heterocycles. The van der Waals surface area contributed by atoms with Crippen molar-refractivity contribution in [1.82, 2.24) is 0 Å². The van der Waals surface area contributed by atoms with E-state index in [0.29, 0.717) is 6.42 Å². The predicted octanol–water partition coefficient (Wildman–Crippen LogP) is 1.12. The Hall–Kier alpha value is -1.01. The van der Waals surface area contributed by atoms with Crippen molar-refractivity contribution in [1.29, 1.82) is 0 Å². The molecule has 2 unspecified atom stereocenters. The summed E-state index contributed by atoms with van der Waals surface area (Å²) in [6.07, 6.45) is -11.4. The number of hydrogen-bond acceptors (Lipinski definition) is 5. The Morgan fingerprint density at radius 3 is 2.20 bits per heavy atom. The van der Waals surface area contributed by atoms with Gasteiger partial charge in [0.1, 0.15) is 0 Å². The summed E-state index contributed by atoms with van der Waals surface area (Å²) in [7, 11) is -6.43. The molecule has 0 bridgehead atoms. The molecule has 12 heteroatoms. The van der Waals surface area contributed by atoms with E-state index in [0.717, 1.165) is 0 Å². The molecule has 2 atom stereocenters. The molecule has 1 N–H and O–H groups in total. The number of ether oxygens (including phenoxy) is 2. The molecule has 0 aromatic rings. The third-order valence-electron chi connectivity index (χ3n) is 2.37. The molecule has 1 fully saturated rings. The van der Waals surface area contributed by atoms with E-state index in [-0.39, 0.29) is 13.0 Å². The Morgan fingerprint density at radius 1 is 1.30 bits per heavy atom. The molecule has 0 amide bonds. The van der Waals surface area contributed by atoms with Crippen molar-refractivity contribution in [2.75, 3.05) is 6.61 Å². The van der Waals surface area contributed by atoms with Crippen LogP contribution in [0.1, 0.15) is 12.8 Å². The molecular formula is C8H9F5O6S. The average Bonchev–Trinajstić information content (AvgIpc) is 2.75. The Balaban J connectivity index is 3.00. The van der Waals surface area contributed by atoms with E-state index >= 15 is 0 Å². The number of carbonyl (C=O) groups excluding carboxylic acids is 1. The zero-order valence-electron chi connectivity index (χ0n) is 9.56. The van der Waals surface area contributed by atoms with Crippen molar-refractivity contribution in [2.24, 2.45) is 0 Å². The van der Waals surface area contributed by atoms with Gasteiger partial charge < -0.3 is 9.47 Å². The van der Waals surface area contributed by atoms with E-state index in [9.17, 15) is 35.2 Å². The minimum absolute atomic E-state index is 0.0329. The Kier molecular flexibility index (Phi) is 4.61. The van der Waals surface area contributed by atoms with Crippen LogP contribution in [0.5, 0.6) is 0 Å². The van der Waals surface area contributed by atoms with Crippen molar-refractivity contribution in [3.63, 3.8) is 0 Å². The first-order valence-electron chi connectivity index (χ1n) is 5.11. The van der Waals surface area contributed by atoms with Crippen LogP contribution in [-0.4, -0.2) is 49.2 Å². The third kappa shape index (κ3) is 3.55. The lowest BCUT2D eigenvalue weighted by molar-refractivity contribution is -0.261. The highest BCUT2D eigenvalue weighted by Gasteiger charge is 2.66.